The summed E-state index contributed by atoms with van der Waals surface area (Å²) in [6.07, 6.45) is 4.53. The summed E-state index contributed by atoms with van der Waals surface area (Å²) in [4.78, 5) is 7.29. The molecule has 0 aromatic heterocycles. The molecule has 1 aromatic carbocycles. The molecule has 1 aliphatic carbocycles. The fourth-order valence-corrected chi connectivity index (χ4v) is 4.25. The predicted octanol–water partition coefficient (Wildman–Crippen LogP) is 3.15. The van der Waals surface area contributed by atoms with E-state index in [-0.39, 0.29) is 11.0 Å². The minimum Gasteiger partial charge on any atom is -0.381 e. The Morgan fingerprint density at radius 2 is 1.93 bits per heavy atom. The lowest BCUT2D eigenvalue weighted by Crippen LogP contribution is -2.52. The number of guanidine groups is 1. The zero-order chi connectivity index (χ0) is 19.3. The van der Waals surface area contributed by atoms with Crippen LogP contribution in [0.15, 0.2) is 33.7 Å². The van der Waals surface area contributed by atoms with Crippen LogP contribution in [-0.2, 0) is 10.2 Å². The number of rotatable bonds is 7. The van der Waals surface area contributed by atoms with Gasteiger partial charge in [-0.25, -0.2) is 0 Å². The van der Waals surface area contributed by atoms with Crippen molar-refractivity contribution in [2.45, 2.75) is 43.6 Å². The Morgan fingerprint density at radius 1 is 1.19 bits per heavy atom. The number of nitrogens with one attached hydrogen (secondary N) is 2. The Bertz CT molecular complexity index is 651. The van der Waals surface area contributed by atoms with Crippen molar-refractivity contribution in [3.63, 3.8) is 0 Å². The average Bonchev–Trinajstić information content (AvgIpc) is 3.46. The molecule has 2 aliphatic rings. The molecule has 1 saturated heterocycles. The second-order valence-electron chi connectivity index (χ2n) is 8.07. The number of nitrogens with zero attached hydrogens (tertiary/aromatic N) is 2. The predicted molar refractivity (Wildman–Crippen MR) is 116 cm³/mol. The number of hydrogen-bond donors (Lipinski definition) is 2. The van der Waals surface area contributed by atoms with E-state index in [9.17, 15) is 0 Å². The molecule has 0 unspecified atom stereocenters. The molecule has 1 aromatic rings. The molecule has 2 fully saturated rings. The van der Waals surface area contributed by atoms with Gasteiger partial charge in [0, 0.05) is 41.7 Å². The van der Waals surface area contributed by atoms with E-state index < -0.39 is 0 Å². The van der Waals surface area contributed by atoms with E-state index in [1.807, 2.05) is 0 Å². The van der Waals surface area contributed by atoms with Crippen LogP contribution < -0.4 is 10.6 Å². The van der Waals surface area contributed by atoms with E-state index in [0.29, 0.717) is 0 Å². The van der Waals surface area contributed by atoms with Crippen molar-refractivity contribution in [1.82, 2.24) is 15.5 Å². The molecule has 5 nitrogen and oxygen atoms in total. The lowest BCUT2D eigenvalue weighted by molar-refractivity contribution is -0.00254. The lowest BCUT2D eigenvalue weighted by Gasteiger charge is -2.41. The normalized spacial score (nSPS) is 21.1. The monoisotopic (exact) mass is 436 g/mol. The summed E-state index contributed by atoms with van der Waals surface area (Å²) in [5, 5.41) is 7.03. The maximum absolute atomic E-state index is 5.58. The molecule has 1 aliphatic heterocycles. The van der Waals surface area contributed by atoms with E-state index in [4.69, 9.17) is 9.73 Å². The third kappa shape index (κ3) is 5.04. The van der Waals surface area contributed by atoms with Crippen molar-refractivity contribution >= 4 is 21.9 Å². The number of likely N-dealkylation sites (N-methyl/N-ethyl adjacent to an activating group) is 1. The van der Waals surface area contributed by atoms with Gasteiger partial charge in [-0.2, -0.15) is 0 Å². The zero-order valence-electron chi connectivity index (χ0n) is 16.9. The number of ether oxygens (including phenoxy) is 1. The van der Waals surface area contributed by atoms with Gasteiger partial charge in [0.25, 0.3) is 0 Å². The van der Waals surface area contributed by atoms with Gasteiger partial charge in [-0.3, -0.25) is 4.99 Å². The van der Waals surface area contributed by atoms with Crippen molar-refractivity contribution in [2.75, 3.05) is 46.9 Å². The van der Waals surface area contributed by atoms with Crippen LogP contribution in [0.5, 0.6) is 0 Å². The molecule has 0 spiro atoms. The van der Waals surface area contributed by atoms with Crippen molar-refractivity contribution in [3.05, 3.63) is 34.3 Å². The number of halogens is 1. The van der Waals surface area contributed by atoms with E-state index in [0.717, 1.165) is 56.1 Å². The summed E-state index contributed by atoms with van der Waals surface area (Å²) in [7, 11) is 4.32. The van der Waals surface area contributed by atoms with Gasteiger partial charge in [0.15, 0.2) is 5.96 Å². The summed E-state index contributed by atoms with van der Waals surface area (Å²) in [5.74, 6) is 0.923. The van der Waals surface area contributed by atoms with E-state index in [2.05, 4.69) is 76.7 Å². The fraction of sp³-hybridized carbons (Fsp3) is 0.667. The van der Waals surface area contributed by atoms with Crippen LogP contribution in [0, 0.1) is 0 Å². The van der Waals surface area contributed by atoms with Gasteiger partial charge in [0.05, 0.1) is 6.54 Å². The Balaban J connectivity index is 1.66. The highest BCUT2D eigenvalue weighted by Gasteiger charge is 2.44. The third-order valence-corrected chi connectivity index (χ3v) is 6.63. The van der Waals surface area contributed by atoms with Gasteiger partial charge in [-0.1, -0.05) is 28.1 Å². The van der Waals surface area contributed by atoms with Crippen LogP contribution in [0.3, 0.4) is 0 Å². The van der Waals surface area contributed by atoms with E-state index in [1.165, 1.54) is 18.4 Å². The first kappa shape index (κ1) is 20.6. The van der Waals surface area contributed by atoms with E-state index >= 15 is 0 Å². The smallest absolute Gasteiger partial charge is 0.191 e. The topological polar surface area (TPSA) is 48.9 Å². The van der Waals surface area contributed by atoms with Gasteiger partial charge in [-0.05, 0) is 64.4 Å². The molecular weight excluding hydrogens is 404 g/mol. The van der Waals surface area contributed by atoms with Crippen LogP contribution in [0.25, 0.3) is 0 Å². The molecule has 0 amide bonds. The van der Waals surface area contributed by atoms with Gasteiger partial charge in [-0.15, -0.1) is 0 Å². The molecule has 2 N–H and O–H groups in total. The van der Waals surface area contributed by atoms with Crippen molar-refractivity contribution in [2.24, 2.45) is 4.99 Å². The lowest BCUT2D eigenvalue weighted by atomic mass is 9.89. The summed E-state index contributed by atoms with van der Waals surface area (Å²) in [6, 6.07) is 8.71. The molecule has 6 heteroatoms. The third-order valence-electron chi connectivity index (χ3n) is 6.13. The van der Waals surface area contributed by atoms with Gasteiger partial charge >= 0.3 is 0 Å². The van der Waals surface area contributed by atoms with E-state index in [1.54, 1.807) is 0 Å². The van der Waals surface area contributed by atoms with Gasteiger partial charge in [0.2, 0.25) is 0 Å². The SMILES string of the molecule is CCNC(=NCC1(N(C)C)CCOCC1)NCC1(c2cccc(Br)c2)CC1. The quantitative estimate of drug-likeness (QED) is 0.509. The molecule has 150 valence electrons. The maximum Gasteiger partial charge on any atom is 0.191 e. The first-order valence-corrected chi connectivity index (χ1v) is 10.8. The number of benzene rings is 1. The standard InChI is InChI=1S/C21H33BrN4O/c1-4-23-19(25-16-21(26(2)3)10-12-27-13-11-21)24-15-20(8-9-20)17-6-5-7-18(22)14-17/h5-7,14H,4,8-13,15-16H2,1-3H3,(H2,23,24,25). The Hall–Kier alpha value is -1.11. The molecule has 27 heavy (non-hydrogen) atoms. The summed E-state index contributed by atoms with van der Waals surface area (Å²) in [5.41, 5.74) is 1.76. The van der Waals surface area contributed by atoms with Gasteiger partial charge < -0.3 is 20.3 Å². The van der Waals surface area contributed by atoms with Crippen LogP contribution in [0.1, 0.15) is 38.2 Å². The van der Waals surface area contributed by atoms with Crippen LogP contribution in [0.4, 0.5) is 0 Å². The van der Waals surface area contributed by atoms with Crippen LogP contribution in [0.2, 0.25) is 0 Å². The minimum absolute atomic E-state index is 0.0994. The second kappa shape index (κ2) is 8.93. The van der Waals surface area contributed by atoms with Crippen molar-refractivity contribution in [3.8, 4) is 0 Å². The first-order valence-electron chi connectivity index (χ1n) is 10.0. The average molecular weight is 437 g/mol. The molecule has 0 atom stereocenters. The van der Waals surface area contributed by atoms with Crippen LogP contribution >= 0.6 is 15.9 Å². The number of hydrogen-bond acceptors (Lipinski definition) is 3. The first-order chi connectivity index (χ1) is 13.0. The fourth-order valence-electron chi connectivity index (χ4n) is 3.86. The largest absolute Gasteiger partial charge is 0.381 e. The Labute approximate surface area is 172 Å². The highest BCUT2D eigenvalue weighted by Crippen LogP contribution is 2.48. The Morgan fingerprint density at radius 3 is 2.52 bits per heavy atom. The van der Waals surface area contributed by atoms with Gasteiger partial charge in [0.1, 0.15) is 0 Å². The molecular formula is C21H33BrN4O. The maximum atomic E-state index is 5.58. The van der Waals surface area contributed by atoms with Crippen LogP contribution in [-0.4, -0.2) is 63.3 Å². The Kier molecular flexibility index (Phi) is 6.82. The van der Waals surface area contributed by atoms with Crippen molar-refractivity contribution in [1.29, 1.82) is 0 Å². The summed E-state index contributed by atoms with van der Waals surface area (Å²) >= 11 is 3.60. The zero-order valence-corrected chi connectivity index (χ0v) is 18.4. The highest BCUT2D eigenvalue weighted by molar-refractivity contribution is 9.10. The molecule has 0 radical (unpaired) electrons. The summed E-state index contributed by atoms with van der Waals surface area (Å²) in [6.45, 7) is 6.35. The molecule has 1 heterocycles. The second-order valence-corrected chi connectivity index (χ2v) is 8.99. The molecule has 3 rings (SSSR count). The highest BCUT2D eigenvalue weighted by atomic mass is 79.9. The molecule has 1 saturated carbocycles. The summed E-state index contributed by atoms with van der Waals surface area (Å²) < 4.78 is 6.73. The van der Waals surface area contributed by atoms with Crippen molar-refractivity contribution < 1.29 is 4.74 Å². The number of aliphatic imine (C=N–C) groups is 1. The molecule has 0 bridgehead atoms. The minimum atomic E-state index is 0.0994.